The summed E-state index contributed by atoms with van der Waals surface area (Å²) >= 11 is 0. The number of benzene rings is 1. The number of rotatable bonds is 5. The van der Waals surface area contributed by atoms with E-state index in [2.05, 4.69) is 10.2 Å². The third kappa shape index (κ3) is 3.50. The standard InChI is InChI=1S/C17H22N4O3/c1-2-24-14-9-7-13(8-10-14)21-18-15(17(22)23)16(19-21)20-11-5-3-4-6-12-20/h7-10H,2-6,11-12H2,1H3,(H,22,23). The molecule has 1 aromatic heterocycles. The number of hydrogen-bond acceptors (Lipinski definition) is 5. The Bertz CT molecular complexity index is 688. The third-order valence-corrected chi connectivity index (χ3v) is 4.08. The van der Waals surface area contributed by atoms with E-state index < -0.39 is 5.97 Å². The summed E-state index contributed by atoms with van der Waals surface area (Å²) in [6.07, 6.45) is 4.45. The maximum atomic E-state index is 11.6. The number of carboxylic acid groups (broad SMARTS) is 1. The molecule has 0 amide bonds. The van der Waals surface area contributed by atoms with Crippen molar-refractivity contribution in [3.63, 3.8) is 0 Å². The number of hydrogen-bond donors (Lipinski definition) is 1. The Morgan fingerprint density at radius 2 is 1.79 bits per heavy atom. The summed E-state index contributed by atoms with van der Waals surface area (Å²) < 4.78 is 5.42. The van der Waals surface area contributed by atoms with Gasteiger partial charge in [-0.3, -0.25) is 0 Å². The third-order valence-electron chi connectivity index (χ3n) is 4.08. The van der Waals surface area contributed by atoms with Gasteiger partial charge in [-0.1, -0.05) is 12.8 Å². The lowest BCUT2D eigenvalue weighted by Gasteiger charge is -2.19. The molecule has 0 spiro atoms. The number of anilines is 1. The van der Waals surface area contributed by atoms with E-state index in [-0.39, 0.29) is 5.69 Å². The second-order valence-electron chi connectivity index (χ2n) is 5.79. The molecule has 1 saturated heterocycles. The van der Waals surface area contributed by atoms with E-state index in [4.69, 9.17) is 4.74 Å². The predicted molar refractivity (Wildman–Crippen MR) is 90.2 cm³/mol. The van der Waals surface area contributed by atoms with Gasteiger partial charge in [0.1, 0.15) is 5.75 Å². The van der Waals surface area contributed by atoms with Crippen molar-refractivity contribution in [2.75, 3.05) is 24.6 Å². The molecular formula is C17H22N4O3. The Morgan fingerprint density at radius 1 is 1.12 bits per heavy atom. The molecule has 1 aliphatic heterocycles. The highest BCUT2D eigenvalue weighted by Crippen LogP contribution is 2.22. The summed E-state index contributed by atoms with van der Waals surface area (Å²) in [7, 11) is 0. The molecule has 0 atom stereocenters. The lowest BCUT2D eigenvalue weighted by molar-refractivity contribution is 0.0690. The van der Waals surface area contributed by atoms with Crippen molar-refractivity contribution in [1.82, 2.24) is 15.0 Å². The highest BCUT2D eigenvalue weighted by molar-refractivity contribution is 5.91. The fourth-order valence-electron chi connectivity index (χ4n) is 2.89. The average molecular weight is 330 g/mol. The van der Waals surface area contributed by atoms with E-state index in [0.29, 0.717) is 18.1 Å². The molecular weight excluding hydrogens is 308 g/mol. The number of aromatic carboxylic acids is 1. The van der Waals surface area contributed by atoms with Gasteiger partial charge >= 0.3 is 5.97 Å². The Labute approximate surface area is 140 Å². The average Bonchev–Trinajstić information content (AvgIpc) is 2.85. The summed E-state index contributed by atoms with van der Waals surface area (Å²) in [4.78, 5) is 15.0. The first-order valence-corrected chi connectivity index (χ1v) is 8.38. The zero-order chi connectivity index (χ0) is 16.9. The first-order valence-electron chi connectivity index (χ1n) is 8.38. The normalized spacial score (nSPS) is 15.1. The molecule has 0 saturated carbocycles. The predicted octanol–water partition coefficient (Wildman–Crippen LogP) is 2.74. The van der Waals surface area contributed by atoms with Gasteiger partial charge in [-0.05, 0) is 44.0 Å². The maximum Gasteiger partial charge on any atom is 0.360 e. The number of ether oxygens (including phenoxy) is 1. The van der Waals surface area contributed by atoms with E-state index in [1.165, 1.54) is 17.6 Å². The molecule has 3 rings (SSSR count). The molecule has 0 bridgehead atoms. The van der Waals surface area contributed by atoms with Gasteiger partial charge in [0.2, 0.25) is 5.69 Å². The molecule has 7 nitrogen and oxygen atoms in total. The molecule has 2 aromatic rings. The van der Waals surface area contributed by atoms with Crippen LogP contribution < -0.4 is 9.64 Å². The topological polar surface area (TPSA) is 80.5 Å². The van der Waals surface area contributed by atoms with Crippen LogP contribution in [0.15, 0.2) is 24.3 Å². The van der Waals surface area contributed by atoms with Gasteiger partial charge in [0.25, 0.3) is 0 Å². The number of carbonyl (C=O) groups is 1. The van der Waals surface area contributed by atoms with Gasteiger partial charge in [0.15, 0.2) is 5.82 Å². The lowest BCUT2D eigenvalue weighted by Crippen LogP contribution is -2.26. The van der Waals surface area contributed by atoms with E-state index >= 15 is 0 Å². The van der Waals surface area contributed by atoms with Crippen molar-refractivity contribution in [1.29, 1.82) is 0 Å². The first-order chi connectivity index (χ1) is 11.7. The van der Waals surface area contributed by atoms with Gasteiger partial charge in [0.05, 0.1) is 12.3 Å². The molecule has 24 heavy (non-hydrogen) atoms. The Morgan fingerprint density at radius 3 is 2.38 bits per heavy atom. The van der Waals surface area contributed by atoms with Crippen LogP contribution in [0.25, 0.3) is 5.69 Å². The molecule has 1 fully saturated rings. The number of carboxylic acids is 1. The minimum absolute atomic E-state index is 0.00536. The maximum absolute atomic E-state index is 11.6. The van der Waals surface area contributed by atoms with Crippen molar-refractivity contribution in [3.05, 3.63) is 30.0 Å². The van der Waals surface area contributed by atoms with Crippen LogP contribution in [0.4, 0.5) is 5.82 Å². The molecule has 2 heterocycles. The monoisotopic (exact) mass is 330 g/mol. The fourth-order valence-corrected chi connectivity index (χ4v) is 2.89. The van der Waals surface area contributed by atoms with Gasteiger partial charge < -0.3 is 14.7 Å². The minimum atomic E-state index is -1.05. The molecule has 128 valence electrons. The second-order valence-corrected chi connectivity index (χ2v) is 5.79. The largest absolute Gasteiger partial charge is 0.494 e. The summed E-state index contributed by atoms with van der Waals surface area (Å²) in [5.41, 5.74) is 0.716. The first kappa shape index (κ1) is 16.3. The lowest BCUT2D eigenvalue weighted by atomic mass is 10.2. The smallest absolute Gasteiger partial charge is 0.360 e. The van der Waals surface area contributed by atoms with Crippen molar-refractivity contribution < 1.29 is 14.6 Å². The molecule has 0 aliphatic carbocycles. The molecule has 7 heteroatoms. The van der Waals surface area contributed by atoms with Crippen LogP contribution in [-0.2, 0) is 0 Å². The van der Waals surface area contributed by atoms with Crippen LogP contribution in [0.2, 0.25) is 0 Å². The highest BCUT2D eigenvalue weighted by atomic mass is 16.5. The van der Waals surface area contributed by atoms with Crippen LogP contribution in [0, 0.1) is 0 Å². The van der Waals surface area contributed by atoms with Crippen molar-refractivity contribution in [3.8, 4) is 11.4 Å². The summed E-state index contributed by atoms with van der Waals surface area (Å²) in [5.74, 6) is 0.171. The Balaban J connectivity index is 1.91. The van der Waals surface area contributed by atoms with Crippen LogP contribution >= 0.6 is 0 Å². The molecule has 1 aromatic carbocycles. The molecule has 0 unspecified atom stereocenters. The SMILES string of the molecule is CCOc1ccc(-n2nc(C(=O)O)c(N3CCCCCC3)n2)cc1. The summed E-state index contributed by atoms with van der Waals surface area (Å²) in [6, 6.07) is 7.30. The number of aromatic nitrogens is 3. The van der Waals surface area contributed by atoms with Crippen molar-refractivity contribution in [2.45, 2.75) is 32.6 Å². The highest BCUT2D eigenvalue weighted by Gasteiger charge is 2.24. The quantitative estimate of drug-likeness (QED) is 0.908. The van der Waals surface area contributed by atoms with Crippen LogP contribution in [0.1, 0.15) is 43.1 Å². The number of nitrogens with zero attached hydrogens (tertiary/aromatic N) is 4. The summed E-state index contributed by atoms with van der Waals surface area (Å²) in [5, 5.41) is 18.1. The van der Waals surface area contributed by atoms with E-state index in [0.717, 1.165) is 31.7 Å². The van der Waals surface area contributed by atoms with Gasteiger partial charge in [-0.25, -0.2) is 4.79 Å². The van der Waals surface area contributed by atoms with E-state index in [1.54, 1.807) is 0 Å². The molecule has 1 N–H and O–H groups in total. The Kier molecular flexibility index (Phi) is 4.98. The van der Waals surface area contributed by atoms with Gasteiger partial charge in [0, 0.05) is 13.1 Å². The van der Waals surface area contributed by atoms with Crippen LogP contribution in [0.3, 0.4) is 0 Å². The van der Waals surface area contributed by atoms with Crippen LogP contribution in [-0.4, -0.2) is 45.8 Å². The zero-order valence-electron chi connectivity index (χ0n) is 13.8. The van der Waals surface area contributed by atoms with Crippen molar-refractivity contribution >= 4 is 11.8 Å². The van der Waals surface area contributed by atoms with E-state index in [9.17, 15) is 9.90 Å². The van der Waals surface area contributed by atoms with Crippen LogP contribution in [0.5, 0.6) is 5.75 Å². The molecule has 0 radical (unpaired) electrons. The second kappa shape index (κ2) is 7.33. The zero-order valence-corrected chi connectivity index (χ0v) is 13.8. The fraction of sp³-hybridized carbons (Fsp3) is 0.471. The molecule has 1 aliphatic rings. The Hall–Kier alpha value is -2.57. The van der Waals surface area contributed by atoms with Crippen molar-refractivity contribution in [2.24, 2.45) is 0 Å². The van der Waals surface area contributed by atoms with Gasteiger partial charge in [-0.2, -0.15) is 0 Å². The van der Waals surface area contributed by atoms with Gasteiger partial charge in [-0.15, -0.1) is 15.0 Å². The van der Waals surface area contributed by atoms with E-state index in [1.807, 2.05) is 36.1 Å². The summed E-state index contributed by atoms with van der Waals surface area (Å²) in [6.45, 7) is 4.17. The minimum Gasteiger partial charge on any atom is -0.494 e.